The zero-order valence-electron chi connectivity index (χ0n) is 17.8. The average molecular weight is 418 g/mol. The van der Waals surface area contributed by atoms with Crippen molar-refractivity contribution in [2.45, 2.75) is 31.9 Å². The van der Waals surface area contributed by atoms with E-state index >= 15 is 0 Å². The Balaban J connectivity index is 1.26. The molecule has 7 nitrogen and oxygen atoms in total. The third kappa shape index (κ3) is 3.67. The SMILES string of the molecule is C[C@@]1(C#N)COCc2ccc(C(=O)NCc3cc(N4CCC5(CNC5)C4)ccn3)cc21. The number of nitrogens with zero attached hydrogens (tertiary/aromatic N) is 3. The predicted octanol–water partition coefficient (Wildman–Crippen LogP) is 2.12. The van der Waals surface area contributed by atoms with Gasteiger partial charge >= 0.3 is 0 Å². The molecule has 3 aliphatic rings. The van der Waals surface area contributed by atoms with Gasteiger partial charge in [0.05, 0.1) is 31.5 Å². The molecule has 3 aliphatic heterocycles. The summed E-state index contributed by atoms with van der Waals surface area (Å²) in [4.78, 5) is 19.7. The van der Waals surface area contributed by atoms with Gasteiger partial charge in [-0.25, -0.2) is 0 Å². The van der Waals surface area contributed by atoms with Crippen LogP contribution in [0.2, 0.25) is 0 Å². The van der Waals surface area contributed by atoms with E-state index in [1.165, 1.54) is 12.1 Å². The highest BCUT2D eigenvalue weighted by molar-refractivity contribution is 5.94. The molecule has 2 saturated heterocycles. The Bertz CT molecular complexity index is 1060. The highest BCUT2D eigenvalue weighted by Crippen LogP contribution is 2.36. The number of amides is 1. The summed E-state index contributed by atoms with van der Waals surface area (Å²) in [7, 11) is 0. The number of fused-ring (bicyclic) bond motifs is 1. The van der Waals surface area contributed by atoms with Crippen LogP contribution in [0.1, 0.15) is 40.5 Å². The largest absolute Gasteiger partial charge is 0.375 e. The molecule has 1 atom stereocenters. The monoisotopic (exact) mass is 417 g/mol. The van der Waals surface area contributed by atoms with Gasteiger partial charge in [0.15, 0.2) is 0 Å². The molecular weight excluding hydrogens is 390 g/mol. The van der Waals surface area contributed by atoms with Gasteiger partial charge < -0.3 is 20.3 Å². The van der Waals surface area contributed by atoms with Crippen molar-refractivity contribution in [3.8, 4) is 6.07 Å². The molecule has 0 unspecified atom stereocenters. The van der Waals surface area contributed by atoms with Crippen molar-refractivity contribution in [2.24, 2.45) is 5.41 Å². The second-order valence-electron chi connectivity index (χ2n) is 9.27. The van der Waals surface area contributed by atoms with Crippen molar-refractivity contribution in [1.82, 2.24) is 15.6 Å². The van der Waals surface area contributed by atoms with Crippen LogP contribution < -0.4 is 15.5 Å². The molecule has 2 fully saturated rings. The van der Waals surface area contributed by atoms with Crippen LogP contribution in [0.3, 0.4) is 0 Å². The number of nitriles is 1. The summed E-state index contributed by atoms with van der Waals surface area (Å²) in [5, 5.41) is 16.0. The van der Waals surface area contributed by atoms with E-state index in [0.29, 0.717) is 30.7 Å². The minimum Gasteiger partial charge on any atom is -0.375 e. The molecule has 1 aromatic carbocycles. The lowest BCUT2D eigenvalue weighted by Crippen LogP contribution is -2.54. The fraction of sp³-hybridized carbons (Fsp3) is 0.458. The Kier molecular flexibility index (Phi) is 4.92. The Morgan fingerprint density at radius 2 is 2.23 bits per heavy atom. The van der Waals surface area contributed by atoms with Crippen LogP contribution in [0.25, 0.3) is 0 Å². The van der Waals surface area contributed by atoms with E-state index in [9.17, 15) is 10.1 Å². The number of carbonyl (C=O) groups excluding carboxylic acids is 1. The van der Waals surface area contributed by atoms with Gasteiger partial charge in [0.2, 0.25) is 0 Å². The lowest BCUT2D eigenvalue weighted by Gasteiger charge is -2.39. The van der Waals surface area contributed by atoms with E-state index in [0.717, 1.165) is 43.0 Å². The van der Waals surface area contributed by atoms with E-state index in [-0.39, 0.29) is 5.91 Å². The molecule has 5 rings (SSSR count). The number of nitrogens with one attached hydrogen (secondary N) is 2. The highest BCUT2D eigenvalue weighted by atomic mass is 16.5. The topological polar surface area (TPSA) is 90.3 Å². The summed E-state index contributed by atoms with van der Waals surface area (Å²) in [6.07, 6.45) is 3.04. The molecule has 0 bridgehead atoms. The van der Waals surface area contributed by atoms with Gasteiger partial charge in [-0.3, -0.25) is 9.78 Å². The fourth-order valence-electron chi connectivity index (χ4n) is 4.85. The van der Waals surface area contributed by atoms with Crippen molar-refractivity contribution < 1.29 is 9.53 Å². The smallest absolute Gasteiger partial charge is 0.251 e. The molecule has 0 saturated carbocycles. The van der Waals surface area contributed by atoms with E-state index in [2.05, 4.69) is 32.7 Å². The van der Waals surface area contributed by atoms with Gasteiger partial charge in [-0.2, -0.15) is 5.26 Å². The maximum Gasteiger partial charge on any atom is 0.251 e. The normalized spacial score (nSPS) is 23.7. The quantitative estimate of drug-likeness (QED) is 0.792. The molecule has 1 spiro atoms. The second-order valence-corrected chi connectivity index (χ2v) is 9.27. The Hall–Kier alpha value is -2.95. The summed E-state index contributed by atoms with van der Waals surface area (Å²) in [5.74, 6) is -0.164. The number of hydrogen-bond acceptors (Lipinski definition) is 6. The molecule has 7 heteroatoms. The van der Waals surface area contributed by atoms with Crippen LogP contribution in [-0.4, -0.2) is 43.7 Å². The summed E-state index contributed by atoms with van der Waals surface area (Å²) in [5.41, 5.74) is 4.11. The number of ether oxygens (including phenoxy) is 1. The van der Waals surface area contributed by atoms with Crippen molar-refractivity contribution >= 4 is 11.6 Å². The second kappa shape index (κ2) is 7.63. The Morgan fingerprint density at radius 1 is 1.35 bits per heavy atom. The van der Waals surface area contributed by atoms with Gasteiger partial charge in [-0.05, 0) is 48.7 Å². The van der Waals surface area contributed by atoms with Gasteiger partial charge in [0, 0.05) is 49.0 Å². The number of aromatic nitrogens is 1. The number of benzene rings is 1. The van der Waals surface area contributed by atoms with Gasteiger partial charge in [0.1, 0.15) is 5.41 Å². The number of rotatable bonds is 4. The van der Waals surface area contributed by atoms with Crippen LogP contribution in [0.5, 0.6) is 0 Å². The Labute approximate surface area is 182 Å². The first-order valence-corrected chi connectivity index (χ1v) is 10.8. The first kappa shape index (κ1) is 20.0. The maximum atomic E-state index is 12.8. The zero-order chi connectivity index (χ0) is 21.5. The molecule has 1 aromatic heterocycles. The minimum atomic E-state index is -0.733. The van der Waals surface area contributed by atoms with Crippen molar-refractivity contribution in [1.29, 1.82) is 5.26 Å². The molecule has 2 aromatic rings. The third-order valence-corrected chi connectivity index (χ3v) is 6.90. The van der Waals surface area contributed by atoms with Crippen LogP contribution in [0, 0.1) is 16.7 Å². The van der Waals surface area contributed by atoms with Crippen LogP contribution in [-0.2, 0) is 23.3 Å². The number of carbonyl (C=O) groups is 1. The number of pyridine rings is 1. The number of anilines is 1. The van der Waals surface area contributed by atoms with Crippen LogP contribution in [0.4, 0.5) is 5.69 Å². The number of hydrogen-bond donors (Lipinski definition) is 2. The fourth-order valence-corrected chi connectivity index (χ4v) is 4.85. The summed E-state index contributed by atoms with van der Waals surface area (Å²) >= 11 is 0. The van der Waals surface area contributed by atoms with E-state index in [4.69, 9.17) is 4.74 Å². The predicted molar refractivity (Wildman–Crippen MR) is 117 cm³/mol. The summed E-state index contributed by atoms with van der Waals surface area (Å²) in [6, 6.07) is 12.0. The van der Waals surface area contributed by atoms with Crippen molar-refractivity contribution in [3.63, 3.8) is 0 Å². The van der Waals surface area contributed by atoms with Gasteiger partial charge in [-0.1, -0.05) is 6.07 Å². The highest BCUT2D eigenvalue weighted by Gasteiger charge is 2.43. The molecule has 160 valence electrons. The van der Waals surface area contributed by atoms with Gasteiger partial charge in [-0.15, -0.1) is 0 Å². The molecule has 31 heavy (non-hydrogen) atoms. The van der Waals surface area contributed by atoms with Crippen LogP contribution >= 0.6 is 0 Å². The lowest BCUT2D eigenvalue weighted by atomic mass is 9.79. The van der Waals surface area contributed by atoms with Gasteiger partial charge in [0.25, 0.3) is 5.91 Å². The molecule has 0 aliphatic carbocycles. The standard InChI is InChI=1S/C24H27N5O2/c1-23(12-25)16-31-11-18-3-2-17(8-21(18)23)22(30)28-10-19-9-20(4-6-27-19)29-7-5-24(15-29)13-26-14-24/h2-4,6,8-9,26H,5,7,10-11,13-16H2,1H3,(H,28,30)/t23-/m1/s1. The molecular formula is C24H27N5O2. The Morgan fingerprint density at radius 3 is 2.97 bits per heavy atom. The molecule has 0 radical (unpaired) electrons. The van der Waals surface area contributed by atoms with E-state index in [1.807, 2.05) is 31.3 Å². The first-order valence-electron chi connectivity index (χ1n) is 10.8. The molecule has 1 amide bonds. The molecule has 2 N–H and O–H groups in total. The minimum absolute atomic E-state index is 0.164. The molecule has 4 heterocycles. The van der Waals surface area contributed by atoms with Crippen molar-refractivity contribution in [3.05, 3.63) is 58.9 Å². The lowest BCUT2D eigenvalue weighted by molar-refractivity contribution is 0.0757. The average Bonchev–Trinajstić information content (AvgIpc) is 3.24. The zero-order valence-corrected chi connectivity index (χ0v) is 17.8. The van der Waals surface area contributed by atoms with E-state index < -0.39 is 5.41 Å². The first-order chi connectivity index (χ1) is 15.0. The third-order valence-electron chi connectivity index (χ3n) is 6.90. The summed E-state index contributed by atoms with van der Waals surface area (Å²) < 4.78 is 5.55. The van der Waals surface area contributed by atoms with E-state index in [1.54, 1.807) is 6.07 Å². The van der Waals surface area contributed by atoms with Crippen LogP contribution in [0.15, 0.2) is 36.5 Å². The van der Waals surface area contributed by atoms with Crippen molar-refractivity contribution in [2.75, 3.05) is 37.7 Å². The summed E-state index contributed by atoms with van der Waals surface area (Å²) in [6.45, 7) is 7.38. The maximum absolute atomic E-state index is 12.8.